The number of hydrogen-bond acceptors (Lipinski definition) is 2. The van der Waals surface area contributed by atoms with Crippen LogP contribution in [0.25, 0.3) is 0 Å². The van der Waals surface area contributed by atoms with Crippen molar-refractivity contribution < 1.29 is 4.39 Å². The number of hydrogen-bond donors (Lipinski definition) is 1. The van der Waals surface area contributed by atoms with E-state index in [1.807, 2.05) is 0 Å². The molecule has 2 unspecified atom stereocenters. The molecule has 3 rings (SSSR count). The highest BCUT2D eigenvalue weighted by atomic mass is 35.5. The van der Waals surface area contributed by atoms with Crippen LogP contribution in [0.2, 0.25) is 5.02 Å². The minimum atomic E-state index is -0.281. The molecule has 0 bridgehead atoms. The van der Waals surface area contributed by atoms with Gasteiger partial charge in [-0.15, -0.1) is 0 Å². The number of anilines is 1. The lowest BCUT2D eigenvalue weighted by Crippen LogP contribution is -2.42. The van der Waals surface area contributed by atoms with E-state index in [0.29, 0.717) is 11.1 Å². The molecule has 2 aliphatic heterocycles. The molecule has 2 fully saturated rings. The number of benzene rings is 1. The zero-order valence-electron chi connectivity index (χ0n) is 10.3. The fourth-order valence-corrected chi connectivity index (χ4v) is 3.40. The Bertz CT molecular complexity index is 438. The quantitative estimate of drug-likeness (QED) is 0.883. The summed E-state index contributed by atoms with van der Waals surface area (Å²) in [5, 5.41) is 3.94. The van der Waals surface area contributed by atoms with Gasteiger partial charge in [0.15, 0.2) is 0 Å². The summed E-state index contributed by atoms with van der Waals surface area (Å²) in [5.41, 5.74) is 0.856. The SMILES string of the molecule is Fc1ccc(NC2CCN3CCCC3C2)c(Cl)c1. The van der Waals surface area contributed by atoms with Crippen LogP contribution in [0, 0.1) is 5.82 Å². The third kappa shape index (κ3) is 2.47. The zero-order chi connectivity index (χ0) is 12.5. The molecule has 2 atom stereocenters. The molecule has 1 aromatic carbocycles. The normalized spacial score (nSPS) is 28.1. The molecule has 2 nitrogen and oxygen atoms in total. The van der Waals surface area contributed by atoms with E-state index in [2.05, 4.69) is 10.2 Å². The minimum absolute atomic E-state index is 0.281. The van der Waals surface area contributed by atoms with Crippen LogP contribution in [-0.2, 0) is 0 Å². The lowest BCUT2D eigenvalue weighted by molar-refractivity contribution is 0.188. The average molecular weight is 269 g/mol. The largest absolute Gasteiger partial charge is 0.381 e. The summed E-state index contributed by atoms with van der Waals surface area (Å²) in [5.74, 6) is -0.281. The fourth-order valence-electron chi connectivity index (χ4n) is 3.18. The van der Waals surface area contributed by atoms with Gasteiger partial charge in [0.2, 0.25) is 0 Å². The lowest BCUT2D eigenvalue weighted by Gasteiger charge is -2.35. The van der Waals surface area contributed by atoms with E-state index in [9.17, 15) is 4.39 Å². The number of fused-ring (bicyclic) bond motifs is 1. The summed E-state index contributed by atoms with van der Waals surface area (Å²) in [6, 6.07) is 5.76. The molecule has 1 aromatic rings. The molecule has 0 amide bonds. The molecule has 0 radical (unpaired) electrons. The second kappa shape index (κ2) is 5.06. The third-order valence-electron chi connectivity index (χ3n) is 4.11. The highest BCUT2D eigenvalue weighted by molar-refractivity contribution is 6.33. The summed E-state index contributed by atoms with van der Waals surface area (Å²) < 4.78 is 13.0. The van der Waals surface area contributed by atoms with Crippen LogP contribution in [-0.4, -0.2) is 30.1 Å². The molecule has 4 heteroatoms. The van der Waals surface area contributed by atoms with Crippen molar-refractivity contribution in [1.29, 1.82) is 0 Å². The van der Waals surface area contributed by atoms with E-state index in [4.69, 9.17) is 11.6 Å². The van der Waals surface area contributed by atoms with Crippen molar-refractivity contribution in [3.05, 3.63) is 29.0 Å². The Morgan fingerprint density at radius 1 is 1.28 bits per heavy atom. The molecular weight excluding hydrogens is 251 g/mol. The minimum Gasteiger partial charge on any atom is -0.381 e. The average Bonchev–Trinajstić information content (AvgIpc) is 2.80. The van der Waals surface area contributed by atoms with Crippen molar-refractivity contribution in [2.24, 2.45) is 0 Å². The fraction of sp³-hybridized carbons (Fsp3) is 0.571. The van der Waals surface area contributed by atoms with Crippen molar-refractivity contribution in [3.63, 3.8) is 0 Å². The van der Waals surface area contributed by atoms with Crippen LogP contribution in [0.4, 0.5) is 10.1 Å². The zero-order valence-corrected chi connectivity index (χ0v) is 11.1. The van der Waals surface area contributed by atoms with Crippen molar-refractivity contribution in [2.45, 2.75) is 37.8 Å². The van der Waals surface area contributed by atoms with Crippen molar-refractivity contribution in [1.82, 2.24) is 4.90 Å². The van der Waals surface area contributed by atoms with Gasteiger partial charge in [0.1, 0.15) is 5.82 Å². The number of piperidine rings is 1. The van der Waals surface area contributed by atoms with Crippen LogP contribution in [0.1, 0.15) is 25.7 Å². The van der Waals surface area contributed by atoms with E-state index >= 15 is 0 Å². The second-order valence-corrected chi connectivity index (χ2v) is 5.73. The van der Waals surface area contributed by atoms with Gasteiger partial charge in [-0.3, -0.25) is 0 Å². The molecule has 2 aliphatic rings. The maximum atomic E-state index is 13.0. The standard InChI is InChI=1S/C14H18ClFN2/c15-13-8-10(16)3-4-14(13)17-11-5-7-18-6-1-2-12(18)9-11/h3-4,8,11-12,17H,1-2,5-7,9H2. The number of halogens is 2. The smallest absolute Gasteiger partial charge is 0.124 e. The predicted molar refractivity (Wildman–Crippen MR) is 72.6 cm³/mol. The molecular formula is C14H18ClFN2. The maximum absolute atomic E-state index is 13.0. The van der Waals surface area contributed by atoms with E-state index in [1.54, 1.807) is 6.07 Å². The lowest BCUT2D eigenvalue weighted by atomic mass is 9.97. The van der Waals surface area contributed by atoms with Crippen molar-refractivity contribution >= 4 is 17.3 Å². The summed E-state index contributed by atoms with van der Waals surface area (Å²) in [6.45, 7) is 2.43. The van der Waals surface area contributed by atoms with E-state index in [1.165, 1.54) is 44.5 Å². The molecule has 18 heavy (non-hydrogen) atoms. The summed E-state index contributed by atoms with van der Waals surface area (Å²) >= 11 is 6.05. The third-order valence-corrected chi connectivity index (χ3v) is 4.42. The van der Waals surface area contributed by atoms with Gasteiger partial charge in [0.25, 0.3) is 0 Å². The van der Waals surface area contributed by atoms with Gasteiger partial charge >= 0.3 is 0 Å². The first-order valence-electron chi connectivity index (χ1n) is 6.68. The molecule has 0 saturated carbocycles. The number of nitrogens with zero attached hydrogens (tertiary/aromatic N) is 1. The van der Waals surface area contributed by atoms with E-state index in [0.717, 1.165) is 18.2 Å². The molecule has 0 spiro atoms. The first-order chi connectivity index (χ1) is 8.72. The van der Waals surface area contributed by atoms with Crippen LogP contribution in [0.15, 0.2) is 18.2 Å². The highest BCUT2D eigenvalue weighted by Gasteiger charge is 2.31. The van der Waals surface area contributed by atoms with Crippen LogP contribution >= 0.6 is 11.6 Å². The highest BCUT2D eigenvalue weighted by Crippen LogP contribution is 2.30. The van der Waals surface area contributed by atoms with Crippen molar-refractivity contribution in [2.75, 3.05) is 18.4 Å². The molecule has 1 N–H and O–H groups in total. The maximum Gasteiger partial charge on any atom is 0.124 e. The van der Waals surface area contributed by atoms with Crippen LogP contribution in [0.5, 0.6) is 0 Å². The van der Waals surface area contributed by atoms with Crippen molar-refractivity contribution in [3.8, 4) is 0 Å². The summed E-state index contributed by atoms with van der Waals surface area (Å²) in [4.78, 5) is 2.59. The Labute approximate surface area is 112 Å². The Hall–Kier alpha value is -0.800. The second-order valence-electron chi connectivity index (χ2n) is 5.32. The molecule has 98 valence electrons. The van der Waals surface area contributed by atoms with E-state index < -0.39 is 0 Å². The van der Waals surface area contributed by atoms with Gasteiger partial charge in [0, 0.05) is 18.6 Å². The van der Waals surface area contributed by atoms with Gasteiger partial charge in [-0.05, 0) is 50.4 Å². The number of nitrogens with one attached hydrogen (secondary N) is 1. The molecule has 2 saturated heterocycles. The van der Waals surface area contributed by atoms with Crippen LogP contribution < -0.4 is 5.32 Å². The summed E-state index contributed by atoms with van der Waals surface area (Å²) in [7, 11) is 0. The Balaban J connectivity index is 1.66. The first kappa shape index (κ1) is 12.2. The van der Waals surface area contributed by atoms with E-state index in [-0.39, 0.29) is 5.82 Å². The molecule has 0 aromatic heterocycles. The topological polar surface area (TPSA) is 15.3 Å². The Morgan fingerprint density at radius 3 is 3.00 bits per heavy atom. The Morgan fingerprint density at radius 2 is 2.17 bits per heavy atom. The first-order valence-corrected chi connectivity index (χ1v) is 7.06. The molecule has 0 aliphatic carbocycles. The summed E-state index contributed by atoms with van der Waals surface area (Å²) in [6.07, 6.45) is 4.96. The van der Waals surface area contributed by atoms with Gasteiger partial charge in [-0.2, -0.15) is 0 Å². The van der Waals surface area contributed by atoms with Gasteiger partial charge in [0.05, 0.1) is 10.7 Å². The molecule has 2 heterocycles. The Kier molecular flexibility index (Phi) is 3.44. The number of rotatable bonds is 2. The van der Waals surface area contributed by atoms with Gasteiger partial charge in [-0.25, -0.2) is 4.39 Å². The van der Waals surface area contributed by atoms with Gasteiger partial charge in [-0.1, -0.05) is 11.6 Å². The van der Waals surface area contributed by atoms with Gasteiger partial charge < -0.3 is 10.2 Å². The monoisotopic (exact) mass is 268 g/mol. The predicted octanol–water partition coefficient (Wildman–Crippen LogP) is 3.52. The van der Waals surface area contributed by atoms with Crippen LogP contribution in [0.3, 0.4) is 0 Å².